The van der Waals surface area contributed by atoms with Crippen LogP contribution in [0.3, 0.4) is 0 Å². The van der Waals surface area contributed by atoms with Gasteiger partial charge in [-0.15, -0.1) is 0 Å². The summed E-state index contributed by atoms with van der Waals surface area (Å²) in [7, 11) is 0. The van der Waals surface area contributed by atoms with Gasteiger partial charge in [-0.3, -0.25) is 15.1 Å². The van der Waals surface area contributed by atoms with Crippen molar-refractivity contribution in [1.82, 2.24) is 30.3 Å². The van der Waals surface area contributed by atoms with E-state index in [1.54, 1.807) is 0 Å². The summed E-state index contributed by atoms with van der Waals surface area (Å²) in [4.78, 5) is 9.44. The molecule has 3 N–H and O–H groups in total. The molecular weight excluding hydrogens is 566 g/mol. The molecule has 2 bridgehead atoms. The number of pyridine rings is 1. The highest BCUT2D eigenvalue weighted by molar-refractivity contribution is 5.87. The first kappa shape index (κ1) is 26.6. The highest BCUT2D eigenvalue weighted by Crippen LogP contribution is 2.48. The molecule has 0 saturated carbocycles. The average molecular weight is 600 g/mol. The lowest BCUT2D eigenvalue weighted by Crippen LogP contribution is -2.50. The maximum absolute atomic E-state index is 11.5. The van der Waals surface area contributed by atoms with Crippen LogP contribution in [0, 0.1) is 11.8 Å². The second-order valence-electron chi connectivity index (χ2n) is 12.7. The van der Waals surface area contributed by atoms with Gasteiger partial charge in [0.25, 0.3) is 0 Å². The molecule has 0 amide bonds. The molecule has 3 aliphatic heterocycles. The fourth-order valence-electron chi connectivity index (χ4n) is 7.32. The number of anilines is 2. The van der Waals surface area contributed by atoms with Crippen LogP contribution in [0.5, 0.6) is 11.5 Å². The number of nitrogens with zero attached hydrogens (tertiary/aromatic N) is 5. The number of rotatable bonds is 6. The highest BCUT2D eigenvalue weighted by atomic mass is 16.5. The summed E-state index contributed by atoms with van der Waals surface area (Å²) in [6, 6.07) is 20.8. The molecule has 3 aliphatic rings. The minimum atomic E-state index is -0.573. The number of aliphatic hydroxyl groups is 1. The molecule has 3 aromatic carbocycles. The first-order valence-electron chi connectivity index (χ1n) is 15.6. The van der Waals surface area contributed by atoms with Gasteiger partial charge in [0.15, 0.2) is 17.3 Å². The van der Waals surface area contributed by atoms with Gasteiger partial charge in [-0.05, 0) is 77.4 Å². The van der Waals surface area contributed by atoms with E-state index in [9.17, 15) is 5.11 Å². The number of H-pyrrole nitrogens is 2. The third kappa shape index (κ3) is 4.91. The van der Waals surface area contributed by atoms with E-state index in [2.05, 4.69) is 72.7 Å². The number of likely N-dealkylation sites (tertiary alicyclic amines) is 1. The van der Waals surface area contributed by atoms with Gasteiger partial charge in [-0.1, -0.05) is 18.2 Å². The fourth-order valence-corrected chi connectivity index (χ4v) is 7.32. The predicted molar refractivity (Wildman–Crippen MR) is 173 cm³/mol. The molecule has 2 fully saturated rings. The normalized spacial score (nSPS) is 20.2. The predicted octanol–water partition coefficient (Wildman–Crippen LogP) is 5.74. The van der Waals surface area contributed by atoms with Gasteiger partial charge in [-0.2, -0.15) is 10.2 Å². The summed E-state index contributed by atoms with van der Waals surface area (Å²) >= 11 is 0. The largest absolute Gasteiger partial charge is 0.451 e. The van der Waals surface area contributed by atoms with Crippen molar-refractivity contribution in [1.29, 1.82) is 0 Å². The number of hydrogen-bond donors (Lipinski definition) is 3. The quantitative estimate of drug-likeness (QED) is 0.222. The van der Waals surface area contributed by atoms with Crippen LogP contribution < -0.4 is 9.64 Å². The van der Waals surface area contributed by atoms with Crippen molar-refractivity contribution in [2.24, 2.45) is 11.8 Å². The summed E-state index contributed by atoms with van der Waals surface area (Å²) in [6.45, 7) is 4.60. The van der Waals surface area contributed by atoms with Gasteiger partial charge in [0.05, 0.1) is 55.0 Å². The van der Waals surface area contributed by atoms with Gasteiger partial charge in [0.2, 0.25) is 0 Å². The van der Waals surface area contributed by atoms with E-state index in [0.717, 1.165) is 81.8 Å². The molecule has 10 heteroatoms. The molecule has 6 aromatic rings. The molecule has 0 radical (unpaired) electrons. The van der Waals surface area contributed by atoms with Crippen molar-refractivity contribution in [3.05, 3.63) is 79.3 Å². The van der Waals surface area contributed by atoms with E-state index in [1.807, 2.05) is 36.8 Å². The Balaban J connectivity index is 1.06. The lowest BCUT2D eigenvalue weighted by molar-refractivity contribution is -0.0484. The van der Waals surface area contributed by atoms with Crippen LogP contribution in [0.2, 0.25) is 0 Å². The van der Waals surface area contributed by atoms with Crippen LogP contribution in [0.15, 0.2) is 79.3 Å². The van der Waals surface area contributed by atoms with Gasteiger partial charge in [-0.25, -0.2) is 4.98 Å². The summed E-state index contributed by atoms with van der Waals surface area (Å²) < 4.78 is 12.4. The first-order chi connectivity index (χ1) is 22.1. The van der Waals surface area contributed by atoms with Crippen molar-refractivity contribution >= 4 is 33.3 Å². The average Bonchev–Trinajstić information content (AvgIpc) is 3.73. The Kier molecular flexibility index (Phi) is 6.32. The molecule has 3 atom stereocenters. The number of benzene rings is 3. The number of aliphatic hydroxyl groups excluding tert-OH is 1. The zero-order valence-corrected chi connectivity index (χ0v) is 24.7. The Morgan fingerprint density at radius 1 is 0.756 bits per heavy atom. The second-order valence-corrected chi connectivity index (χ2v) is 12.7. The molecule has 0 spiro atoms. The van der Waals surface area contributed by atoms with Crippen LogP contribution in [0.1, 0.15) is 6.42 Å². The molecule has 3 unspecified atom stereocenters. The molecule has 6 heterocycles. The maximum atomic E-state index is 11.5. The van der Waals surface area contributed by atoms with Crippen LogP contribution in [0.25, 0.3) is 44.1 Å². The molecule has 0 aliphatic carbocycles. The monoisotopic (exact) mass is 599 g/mol. The van der Waals surface area contributed by atoms with Crippen molar-refractivity contribution in [2.75, 3.05) is 44.3 Å². The zero-order chi connectivity index (χ0) is 29.9. The fraction of sp³-hybridized carbons (Fsp3) is 0.286. The van der Waals surface area contributed by atoms with Crippen LogP contribution >= 0.6 is 0 Å². The minimum Gasteiger partial charge on any atom is -0.451 e. The van der Waals surface area contributed by atoms with Crippen LogP contribution in [-0.4, -0.2) is 80.9 Å². The zero-order valence-electron chi connectivity index (χ0n) is 24.7. The summed E-state index contributed by atoms with van der Waals surface area (Å²) in [6.07, 6.45) is 6.20. The molecule has 9 rings (SSSR count). The van der Waals surface area contributed by atoms with E-state index in [-0.39, 0.29) is 0 Å². The molecule has 3 aromatic heterocycles. The molecular formula is C35H33N7O3. The van der Waals surface area contributed by atoms with Crippen LogP contribution in [0.4, 0.5) is 11.5 Å². The second kappa shape index (κ2) is 10.7. The Morgan fingerprint density at radius 2 is 1.40 bits per heavy atom. The Hall–Kier alpha value is -4.77. The Bertz CT molecular complexity index is 1900. The standard InChI is InChI=1S/C35H33N7O3/c43-29(17-41-15-21-7-22(16-41)20-44-19-21)18-42-32-6-3-25(23-1-4-30-27(8-23)13-37-39-30)10-33(32)45-34-11-26(12-36-35(34)42)24-2-5-31-28(9-24)14-38-40-31/h1-6,8-14,21-22,29,43H,7,15-20H2,(H,37,39)(H,38,40). The number of hydrogen-bond acceptors (Lipinski definition) is 8. The van der Waals surface area contributed by atoms with E-state index >= 15 is 0 Å². The van der Waals surface area contributed by atoms with Crippen LogP contribution in [-0.2, 0) is 4.74 Å². The molecule has 2 saturated heterocycles. The van der Waals surface area contributed by atoms with Gasteiger partial charge < -0.3 is 19.5 Å². The van der Waals surface area contributed by atoms with Gasteiger partial charge >= 0.3 is 0 Å². The first-order valence-corrected chi connectivity index (χ1v) is 15.6. The number of fused-ring (bicyclic) bond motifs is 6. The lowest BCUT2D eigenvalue weighted by atomic mass is 9.88. The van der Waals surface area contributed by atoms with Crippen molar-refractivity contribution < 1.29 is 14.6 Å². The minimum absolute atomic E-state index is 0.402. The smallest absolute Gasteiger partial charge is 0.176 e. The number of β-amino-alcohol motifs (C(OH)–C–C–N with tert-alkyl or cyclic N) is 1. The van der Waals surface area contributed by atoms with Crippen molar-refractivity contribution in [3.63, 3.8) is 0 Å². The third-order valence-electron chi connectivity index (χ3n) is 9.38. The van der Waals surface area contributed by atoms with E-state index < -0.39 is 6.10 Å². The summed E-state index contributed by atoms with van der Waals surface area (Å²) in [5.74, 6) is 3.19. The number of aromatic nitrogens is 5. The summed E-state index contributed by atoms with van der Waals surface area (Å²) in [5, 5.41) is 28.0. The van der Waals surface area contributed by atoms with E-state index in [1.165, 1.54) is 6.42 Å². The van der Waals surface area contributed by atoms with Gasteiger partial charge in [0.1, 0.15) is 0 Å². The SMILES string of the molecule is OC(CN1CC2COCC(C2)C1)CN1c2ccc(-c3ccc4[nH]ncc4c3)cc2Oc2cc(-c3ccc4[nH]ncc4c3)cnc21. The highest BCUT2D eigenvalue weighted by Gasteiger charge is 2.33. The number of nitrogens with one attached hydrogen (secondary N) is 2. The van der Waals surface area contributed by atoms with Gasteiger partial charge in [0, 0.05) is 42.2 Å². The molecule has 45 heavy (non-hydrogen) atoms. The molecule has 226 valence electrons. The third-order valence-corrected chi connectivity index (χ3v) is 9.38. The number of piperidine rings is 1. The Morgan fingerprint density at radius 3 is 2.13 bits per heavy atom. The topological polar surface area (TPSA) is 115 Å². The van der Waals surface area contributed by atoms with Crippen molar-refractivity contribution in [2.45, 2.75) is 12.5 Å². The van der Waals surface area contributed by atoms with E-state index in [4.69, 9.17) is 14.5 Å². The summed E-state index contributed by atoms with van der Waals surface area (Å²) in [5.41, 5.74) is 6.97. The van der Waals surface area contributed by atoms with E-state index in [0.29, 0.717) is 36.5 Å². The lowest BCUT2D eigenvalue weighted by Gasteiger charge is -2.42. The Labute approximate surface area is 259 Å². The van der Waals surface area contributed by atoms with Crippen molar-refractivity contribution in [3.8, 4) is 33.8 Å². The number of ether oxygens (including phenoxy) is 2. The molecule has 10 nitrogen and oxygen atoms in total. The maximum Gasteiger partial charge on any atom is 0.176 e. The number of aromatic amines is 2.